The molecule has 20 heavy (non-hydrogen) atoms. The maximum atomic E-state index is 12.4. The second-order valence-corrected chi connectivity index (χ2v) is 7.34. The van der Waals surface area contributed by atoms with Crippen LogP contribution in [0.25, 0.3) is 0 Å². The minimum Gasteiger partial charge on any atom is -0.550 e. The van der Waals surface area contributed by atoms with Gasteiger partial charge >= 0.3 is 29.6 Å². The van der Waals surface area contributed by atoms with E-state index in [4.69, 9.17) is 0 Å². The first kappa shape index (κ1) is 14.9. The van der Waals surface area contributed by atoms with E-state index in [9.17, 15) is 14.7 Å². The van der Waals surface area contributed by atoms with Crippen molar-refractivity contribution in [3.8, 4) is 0 Å². The molecule has 104 valence electrons. The van der Waals surface area contributed by atoms with Crippen LogP contribution in [0.15, 0.2) is 0 Å². The molecule has 4 rings (SSSR count). The number of carbonyl (C=O) groups excluding carboxylic acids is 2. The van der Waals surface area contributed by atoms with Crippen LogP contribution in [-0.4, -0.2) is 17.9 Å². The van der Waals surface area contributed by atoms with Gasteiger partial charge in [0.05, 0.1) is 5.41 Å². The summed E-state index contributed by atoms with van der Waals surface area (Å²) in [4.78, 5) is 23.7. The molecule has 0 aromatic rings. The number of hydrogen-bond acceptors (Lipinski definition) is 3. The minimum atomic E-state index is -1.01. The molecule has 0 aliphatic heterocycles. The molecule has 1 amide bonds. The molecule has 4 aliphatic carbocycles. The third kappa shape index (κ3) is 1.84. The van der Waals surface area contributed by atoms with E-state index < -0.39 is 16.8 Å². The van der Waals surface area contributed by atoms with E-state index in [1.54, 1.807) is 0 Å². The first-order valence-corrected chi connectivity index (χ1v) is 7.53. The second kappa shape index (κ2) is 4.47. The molecular weight excluding hydrogens is 265 g/mol. The van der Waals surface area contributed by atoms with Crippen molar-refractivity contribution in [2.45, 2.75) is 51.5 Å². The first-order chi connectivity index (χ1) is 9.00. The molecule has 0 aromatic carbocycles. The number of hydrogen-bond donors (Lipinski definition) is 1. The summed E-state index contributed by atoms with van der Waals surface area (Å²) in [5, 5.41) is 14.4. The molecule has 4 nitrogen and oxygen atoms in total. The van der Waals surface area contributed by atoms with E-state index in [1.165, 1.54) is 6.42 Å². The number of amides is 1. The summed E-state index contributed by atoms with van der Waals surface area (Å²) in [6.07, 6.45) is 5.08. The van der Waals surface area contributed by atoms with E-state index in [-0.39, 0.29) is 35.5 Å². The summed E-state index contributed by atoms with van der Waals surface area (Å²) in [6.45, 7) is 2.26. The minimum absolute atomic E-state index is 0. The predicted molar refractivity (Wildman–Crippen MR) is 65.6 cm³/mol. The summed E-state index contributed by atoms with van der Waals surface area (Å²) < 4.78 is 0. The molecule has 0 aromatic heterocycles. The Hall–Kier alpha value is -0.0600. The van der Waals surface area contributed by atoms with Crippen molar-refractivity contribution < 1.29 is 44.3 Å². The maximum Gasteiger partial charge on any atom is 1.00 e. The summed E-state index contributed by atoms with van der Waals surface area (Å²) in [7, 11) is 0. The summed E-state index contributed by atoms with van der Waals surface area (Å²) in [5.74, 6) is 1.27. The smallest absolute Gasteiger partial charge is 0.550 e. The zero-order valence-corrected chi connectivity index (χ0v) is 14.3. The van der Waals surface area contributed by atoms with Gasteiger partial charge in [-0.1, -0.05) is 13.3 Å². The number of fused-ring (bicyclic) bond motifs is 1. The normalized spacial score (nSPS) is 50.6. The van der Waals surface area contributed by atoms with Crippen molar-refractivity contribution in [2.24, 2.45) is 28.6 Å². The summed E-state index contributed by atoms with van der Waals surface area (Å²) >= 11 is 0. The number of rotatable bonds is 4. The summed E-state index contributed by atoms with van der Waals surface area (Å²) in [5.41, 5.74) is -1.44. The molecule has 5 heteroatoms. The zero-order valence-electron chi connectivity index (χ0n) is 12.3. The molecule has 0 unspecified atom stereocenters. The number of nitrogens with one attached hydrogen (secondary N) is 1. The van der Waals surface area contributed by atoms with Gasteiger partial charge in [-0.05, 0) is 49.9 Å². The number of carboxylic acid groups (broad SMARTS) is 1. The van der Waals surface area contributed by atoms with E-state index in [2.05, 4.69) is 12.2 Å². The van der Waals surface area contributed by atoms with E-state index in [0.717, 1.165) is 31.1 Å². The van der Waals surface area contributed by atoms with Gasteiger partial charge in [-0.2, -0.15) is 0 Å². The Labute approximate surface area is 141 Å². The predicted octanol–water partition coefficient (Wildman–Crippen LogP) is -2.54. The third-order valence-corrected chi connectivity index (χ3v) is 6.31. The molecular formula is C15H20NNaO3. The Morgan fingerprint density at radius 2 is 1.80 bits per heavy atom. The van der Waals surface area contributed by atoms with Crippen LogP contribution in [0.5, 0.6) is 0 Å². The van der Waals surface area contributed by atoms with Crippen LogP contribution in [0.1, 0.15) is 45.4 Å². The molecule has 6 atom stereocenters. The van der Waals surface area contributed by atoms with Crippen molar-refractivity contribution in [2.75, 3.05) is 0 Å². The second-order valence-electron chi connectivity index (χ2n) is 7.34. The standard InChI is InChI=1S/C15H21NO3.Na/c1-8-5-9(8)10-6-11(10)16-12(17)14-3-2-4-15(14,7-14)13(18)19;/h8-11H,2-7H2,1H3,(H,16,17)(H,18,19);/q;+1/p-1/t8-,9-,10+,11-,14+,15-;/m1./s1. The van der Waals surface area contributed by atoms with Crippen LogP contribution in [0.4, 0.5) is 0 Å². The Morgan fingerprint density at radius 3 is 2.35 bits per heavy atom. The SMILES string of the molecule is C[C@@H]1C[C@H]1[C@@H]1C[C@H]1NC(=O)[C@@]12CCC[C@]1(C(=O)[O-])C2.[Na+]. The molecule has 4 saturated carbocycles. The monoisotopic (exact) mass is 285 g/mol. The number of carboxylic acids is 1. The Balaban J connectivity index is 0.00000121. The van der Waals surface area contributed by atoms with Crippen molar-refractivity contribution in [1.29, 1.82) is 0 Å². The fourth-order valence-corrected chi connectivity index (χ4v) is 4.71. The van der Waals surface area contributed by atoms with Gasteiger partial charge in [-0.15, -0.1) is 0 Å². The molecule has 0 heterocycles. The van der Waals surface area contributed by atoms with Gasteiger partial charge in [0.1, 0.15) is 0 Å². The Bertz CT molecular complexity index is 482. The van der Waals surface area contributed by atoms with Crippen molar-refractivity contribution in [3.05, 3.63) is 0 Å². The maximum absolute atomic E-state index is 12.4. The van der Waals surface area contributed by atoms with Gasteiger partial charge in [0.15, 0.2) is 0 Å². The van der Waals surface area contributed by atoms with Crippen LogP contribution >= 0.6 is 0 Å². The quantitative estimate of drug-likeness (QED) is 0.579. The van der Waals surface area contributed by atoms with Crippen LogP contribution < -0.4 is 40.0 Å². The molecule has 4 fully saturated rings. The zero-order chi connectivity index (χ0) is 13.4. The average molecular weight is 285 g/mol. The van der Waals surface area contributed by atoms with Crippen LogP contribution in [0.3, 0.4) is 0 Å². The molecule has 0 radical (unpaired) electrons. The number of aliphatic carboxylic acids is 1. The fourth-order valence-electron chi connectivity index (χ4n) is 4.71. The largest absolute Gasteiger partial charge is 1.00 e. The van der Waals surface area contributed by atoms with Gasteiger partial charge < -0.3 is 15.2 Å². The van der Waals surface area contributed by atoms with Gasteiger partial charge in [0.2, 0.25) is 5.91 Å². The fraction of sp³-hybridized carbons (Fsp3) is 0.867. The topological polar surface area (TPSA) is 69.2 Å². The van der Waals surface area contributed by atoms with Gasteiger partial charge in [-0.3, -0.25) is 4.79 Å². The van der Waals surface area contributed by atoms with E-state index in [1.807, 2.05) is 0 Å². The molecule has 4 aliphatic rings. The van der Waals surface area contributed by atoms with Gasteiger partial charge in [-0.25, -0.2) is 0 Å². The van der Waals surface area contributed by atoms with E-state index in [0.29, 0.717) is 24.8 Å². The third-order valence-electron chi connectivity index (χ3n) is 6.31. The average Bonchev–Trinajstić information content (AvgIpc) is 3.28. The molecule has 0 saturated heterocycles. The molecule has 0 bridgehead atoms. The van der Waals surface area contributed by atoms with Gasteiger partial charge in [0, 0.05) is 17.4 Å². The van der Waals surface area contributed by atoms with Gasteiger partial charge in [0.25, 0.3) is 0 Å². The van der Waals surface area contributed by atoms with Crippen LogP contribution in [0, 0.1) is 28.6 Å². The van der Waals surface area contributed by atoms with Crippen LogP contribution in [-0.2, 0) is 9.59 Å². The van der Waals surface area contributed by atoms with E-state index >= 15 is 0 Å². The first-order valence-electron chi connectivity index (χ1n) is 7.53. The Kier molecular flexibility index (Phi) is 3.32. The molecule has 1 N–H and O–H groups in total. The van der Waals surface area contributed by atoms with Crippen molar-refractivity contribution in [3.63, 3.8) is 0 Å². The molecule has 0 spiro atoms. The summed E-state index contributed by atoms with van der Waals surface area (Å²) in [6, 6.07) is 0.317. The van der Waals surface area contributed by atoms with Crippen molar-refractivity contribution in [1.82, 2.24) is 5.32 Å². The number of carbonyl (C=O) groups is 2. The van der Waals surface area contributed by atoms with Crippen molar-refractivity contribution >= 4 is 11.9 Å². The van der Waals surface area contributed by atoms with Crippen LogP contribution in [0.2, 0.25) is 0 Å². The Morgan fingerprint density at radius 1 is 1.15 bits per heavy atom.